The lowest BCUT2D eigenvalue weighted by Crippen LogP contribution is -2.52. The highest BCUT2D eigenvalue weighted by atomic mass is 127. The molecular weight excluding hydrogens is 1310 g/mol. The van der Waals surface area contributed by atoms with Gasteiger partial charge in [-0.05, 0) is 129 Å². The summed E-state index contributed by atoms with van der Waals surface area (Å²) in [5, 5.41) is 49.9. The maximum atomic E-state index is 13.9. The Morgan fingerprint density at radius 3 is 1.87 bits per heavy atom. The fourth-order valence-corrected chi connectivity index (χ4v) is 11.6. The molecule has 92 heavy (non-hydrogen) atoms. The van der Waals surface area contributed by atoms with Crippen LogP contribution in [-0.4, -0.2) is 270 Å². The summed E-state index contributed by atoms with van der Waals surface area (Å²) in [6, 6.07) is 14.3. The number of rotatable bonds is 34. The predicted molar refractivity (Wildman–Crippen MR) is 344 cm³/mol. The number of alkyl halides is 2. The van der Waals surface area contributed by atoms with Crippen LogP contribution >= 0.6 is 22.6 Å². The van der Waals surface area contributed by atoms with Gasteiger partial charge >= 0.3 is 17.9 Å². The molecule has 0 spiro atoms. The molecule has 0 saturated carbocycles. The number of nitriles is 1. The quantitative estimate of drug-likeness (QED) is 0.0334. The van der Waals surface area contributed by atoms with Crippen molar-refractivity contribution in [3.05, 3.63) is 69.4 Å². The van der Waals surface area contributed by atoms with E-state index in [0.29, 0.717) is 101 Å². The zero-order valence-electron chi connectivity index (χ0n) is 52.2. The van der Waals surface area contributed by atoms with Crippen molar-refractivity contribution in [3.63, 3.8) is 0 Å². The molecule has 3 aliphatic heterocycles. The molecule has 4 heterocycles. The summed E-state index contributed by atoms with van der Waals surface area (Å²) in [5.41, 5.74) is 1.89. The highest BCUT2D eigenvalue weighted by Gasteiger charge is 2.47. The number of halogens is 3. The number of fused-ring (bicyclic) bond motifs is 1. The number of nitrogens with zero attached hydrogens (tertiary/aromatic N) is 9. The molecule has 0 radical (unpaired) electrons. The number of hydrogen-bond acceptors (Lipinski definition) is 17. The van der Waals surface area contributed by atoms with Gasteiger partial charge in [-0.1, -0.05) is 18.6 Å². The normalized spacial score (nSPS) is 17.6. The van der Waals surface area contributed by atoms with E-state index < -0.39 is 73.1 Å². The van der Waals surface area contributed by atoms with E-state index in [-0.39, 0.29) is 108 Å². The number of carboxylic acid groups (broad SMARTS) is 3. The number of ether oxygens (including phenoxy) is 1. The average Bonchev–Trinajstić information content (AvgIpc) is 1.31. The molecule has 3 fully saturated rings. The number of piperazine rings is 1. The zero-order valence-corrected chi connectivity index (χ0v) is 54.3. The Morgan fingerprint density at radius 1 is 0.652 bits per heavy atom. The first-order valence-corrected chi connectivity index (χ1v) is 32.7. The van der Waals surface area contributed by atoms with Gasteiger partial charge in [0, 0.05) is 126 Å². The largest absolute Gasteiger partial charge is 0.494 e. The number of unbranched alkanes of at least 4 members (excludes halogenated alkanes) is 4. The Kier molecular flexibility index (Phi) is 31.0. The Balaban J connectivity index is 0.908. The van der Waals surface area contributed by atoms with E-state index in [4.69, 9.17) is 4.74 Å². The summed E-state index contributed by atoms with van der Waals surface area (Å²) in [5.74, 6) is -8.11. The van der Waals surface area contributed by atoms with E-state index >= 15 is 0 Å². The number of carbonyl (C=O) groups excluding carboxylic acids is 6. The highest BCUT2D eigenvalue weighted by Crippen LogP contribution is 2.32. The van der Waals surface area contributed by atoms with Gasteiger partial charge < -0.3 is 51.1 Å². The summed E-state index contributed by atoms with van der Waals surface area (Å²) in [6.07, 6.45) is 7.69. The Labute approximate surface area is 548 Å². The Bertz CT molecular complexity index is 2960. The van der Waals surface area contributed by atoms with Gasteiger partial charge in [0.15, 0.2) is 0 Å². The molecule has 6 amide bonds. The molecular formula is C63H88F2IN13O13. The van der Waals surface area contributed by atoms with Crippen LogP contribution in [0.3, 0.4) is 0 Å². The number of aryl methyl sites for hydroxylation is 1. The molecule has 0 bridgehead atoms. The fourth-order valence-electron chi connectivity index (χ4n) is 11.3. The topological polar surface area (TPSA) is 331 Å². The number of carbonyl (C=O) groups is 9. The number of amides is 6. The third-order valence-corrected chi connectivity index (χ3v) is 17.1. The van der Waals surface area contributed by atoms with E-state index in [2.05, 4.69) is 65.9 Å². The number of likely N-dealkylation sites (tertiary alicyclic amines) is 1. The molecule has 0 aliphatic carbocycles. The predicted octanol–water partition coefficient (Wildman–Crippen LogP) is 2.58. The first kappa shape index (κ1) is 73.8. The number of carboxylic acids is 3. The molecule has 6 rings (SSSR count). The second-order valence-corrected chi connectivity index (χ2v) is 24.8. The number of hydrogen-bond donors (Lipinski definition) is 7. The van der Waals surface area contributed by atoms with Crippen LogP contribution in [-0.2, 0) is 44.8 Å². The lowest BCUT2D eigenvalue weighted by molar-refractivity contribution is -0.140. The molecule has 2 atom stereocenters. The second-order valence-electron chi connectivity index (χ2n) is 23.6. The van der Waals surface area contributed by atoms with Crippen molar-refractivity contribution >= 4 is 86.8 Å². The monoisotopic (exact) mass is 1400 g/mol. The average molecular weight is 1400 g/mol. The van der Waals surface area contributed by atoms with Crippen LogP contribution in [0.2, 0.25) is 0 Å². The van der Waals surface area contributed by atoms with Gasteiger partial charge in [-0.15, -0.1) is 0 Å². The van der Waals surface area contributed by atoms with E-state index in [0.717, 1.165) is 52.9 Å². The minimum absolute atomic E-state index is 0.0646. The summed E-state index contributed by atoms with van der Waals surface area (Å²) >= 11 is 2.25. The van der Waals surface area contributed by atoms with Gasteiger partial charge in [-0.3, -0.25) is 72.6 Å². The summed E-state index contributed by atoms with van der Waals surface area (Å²) in [7, 11) is 0. The molecule has 1 aromatic heterocycles. The molecule has 3 aromatic rings. The third-order valence-electron chi connectivity index (χ3n) is 16.4. The Morgan fingerprint density at radius 2 is 1.25 bits per heavy atom. The molecule has 1 unspecified atom stereocenters. The van der Waals surface area contributed by atoms with Crippen molar-refractivity contribution in [2.75, 3.05) is 144 Å². The fraction of sp³-hybridized carbons (Fsp3) is 0.603. The van der Waals surface area contributed by atoms with Gasteiger partial charge in [-0.2, -0.15) is 5.26 Å². The Hall–Kier alpha value is -7.24. The molecule has 3 saturated heterocycles. The van der Waals surface area contributed by atoms with E-state index in [1.807, 2.05) is 17.0 Å². The van der Waals surface area contributed by atoms with Gasteiger partial charge in [0.25, 0.3) is 11.8 Å². The van der Waals surface area contributed by atoms with Crippen LogP contribution in [0.1, 0.15) is 93.0 Å². The van der Waals surface area contributed by atoms with Crippen molar-refractivity contribution in [2.45, 2.75) is 101 Å². The van der Waals surface area contributed by atoms with Crippen LogP contribution in [0.15, 0.2) is 54.7 Å². The molecule has 7 N–H and O–H groups in total. The number of aromatic nitrogens is 1. The molecule has 3 aliphatic rings. The number of aliphatic carboxylic acids is 3. The van der Waals surface area contributed by atoms with Crippen LogP contribution < -0.4 is 26.0 Å². The highest BCUT2D eigenvalue weighted by molar-refractivity contribution is 14.1. The minimum atomic E-state index is -3.17. The van der Waals surface area contributed by atoms with Gasteiger partial charge in [0.05, 0.1) is 63.0 Å². The molecule has 29 heteroatoms. The van der Waals surface area contributed by atoms with Crippen molar-refractivity contribution in [1.29, 1.82) is 5.26 Å². The summed E-state index contributed by atoms with van der Waals surface area (Å²) in [4.78, 5) is 131. The van der Waals surface area contributed by atoms with Crippen LogP contribution in [0.4, 0.5) is 8.78 Å². The van der Waals surface area contributed by atoms with E-state index in [9.17, 15) is 72.5 Å². The SMILES string of the molecule is N#C[C@H]1CC(F)(F)CN1C(=O)CNC(=O)c1ccnc2ccc(OCCCCN3CCN(C(=O)CCCCCNC(=O)C(CCCCNC(=O)CCCc4ccc(I)cc4)NC(=O)CN4CCN(CC(=O)O)CCN(CC(=O)O)CCN(CC(=O)O)CC4)CC3)cc12. The zero-order chi connectivity index (χ0) is 66.4. The molecule has 504 valence electrons. The number of benzene rings is 2. The molecule has 26 nitrogen and oxygen atoms in total. The van der Waals surface area contributed by atoms with Crippen molar-refractivity contribution in [3.8, 4) is 11.8 Å². The lowest BCUT2D eigenvalue weighted by atomic mass is 10.1. The number of pyridine rings is 1. The first-order valence-electron chi connectivity index (χ1n) is 31.6. The van der Waals surface area contributed by atoms with Crippen molar-refractivity contribution < 1.29 is 72.0 Å². The first-order chi connectivity index (χ1) is 44.1. The third kappa shape index (κ3) is 26.8. The van der Waals surface area contributed by atoms with Crippen molar-refractivity contribution in [2.24, 2.45) is 0 Å². The summed E-state index contributed by atoms with van der Waals surface area (Å²) < 4.78 is 35.0. The molecule has 2 aromatic carbocycles. The van der Waals surface area contributed by atoms with Crippen LogP contribution in [0.5, 0.6) is 5.75 Å². The maximum absolute atomic E-state index is 13.9. The second kappa shape index (κ2) is 38.7. The van der Waals surface area contributed by atoms with Crippen LogP contribution in [0.25, 0.3) is 10.9 Å². The number of nitrogens with one attached hydrogen (secondary N) is 4. The lowest BCUT2D eigenvalue weighted by Gasteiger charge is -2.34. The standard InChI is InChI=1S/C63H88F2IN13O13/c64-63(65)38-48(39-67)79(45-63)57(83)40-71-61(90)50-19-22-68-52-18-17-49(37-51(50)52)92-36-7-6-23-73-32-34-78(35-33-73)56(82)12-2-1-4-21-70-62(91)53(10-3-5-20-69-54(80)11-8-9-46-13-15-47(66)16-14-46)72-55(81)41-74-24-26-75(42-58(84)85)28-30-77(44-60(88)89)31-29-76(27-25-74)43-59(86)87/h13-19,22,37,48,53H,1-12,20-21,23-36,38,40-45H2,(H,69,80)(H,70,91)(H,71,90)(H,72,81)(H,84,85)(H,86,87)(H,88,89)/t48-,53?/m1/s1. The van der Waals surface area contributed by atoms with Crippen LogP contribution in [0, 0.1) is 14.9 Å². The van der Waals surface area contributed by atoms with Gasteiger partial charge in [0.2, 0.25) is 29.5 Å². The smallest absolute Gasteiger partial charge is 0.317 e. The van der Waals surface area contributed by atoms with Gasteiger partial charge in [-0.25, -0.2) is 8.78 Å². The van der Waals surface area contributed by atoms with E-state index in [1.165, 1.54) is 12.3 Å². The van der Waals surface area contributed by atoms with E-state index in [1.54, 1.807) is 43.9 Å². The van der Waals surface area contributed by atoms with Crippen molar-refractivity contribution in [1.82, 2.24) is 60.6 Å². The van der Waals surface area contributed by atoms with Gasteiger partial charge in [0.1, 0.15) is 17.8 Å². The maximum Gasteiger partial charge on any atom is 0.317 e. The minimum Gasteiger partial charge on any atom is -0.494 e. The summed E-state index contributed by atoms with van der Waals surface area (Å²) in [6.45, 7) is 3.79.